The number of carbonyl (C=O) groups excluding carboxylic acids is 2. The van der Waals surface area contributed by atoms with Gasteiger partial charge >= 0.3 is 0 Å². The second-order valence-electron chi connectivity index (χ2n) is 8.33. The van der Waals surface area contributed by atoms with Gasteiger partial charge in [-0.15, -0.1) is 0 Å². The molecule has 1 atom stereocenters. The van der Waals surface area contributed by atoms with Gasteiger partial charge in [-0.05, 0) is 50.5 Å². The van der Waals surface area contributed by atoms with Crippen molar-refractivity contribution in [2.45, 2.75) is 32.6 Å². The van der Waals surface area contributed by atoms with Gasteiger partial charge in [0.2, 0.25) is 0 Å². The normalized spacial score (nSPS) is 16.1. The van der Waals surface area contributed by atoms with E-state index in [1.807, 2.05) is 37.9 Å². The molecule has 32 heavy (non-hydrogen) atoms. The maximum atomic E-state index is 13.1. The number of hydrogen-bond donors (Lipinski definition) is 1. The predicted octanol–water partition coefficient (Wildman–Crippen LogP) is 2.87. The molecule has 1 aliphatic rings. The van der Waals surface area contributed by atoms with Gasteiger partial charge in [0.1, 0.15) is 5.69 Å². The van der Waals surface area contributed by atoms with Gasteiger partial charge in [0, 0.05) is 62.4 Å². The highest BCUT2D eigenvalue weighted by atomic mass is 16.2. The summed E-state index contributed by atoms with van der Waals surface area (Å²) in [6.45, 7) is 5.22. The van der Waals surface area contributed by atoms with Crippen molar-refractivity contribution in [3.8, 4) is 11.1 Å². The molecule has 4 rings (SSSR count). The molecule has 0 spiro atoms. The van der Waals surface area contributed by atoms with Crippen LogP contribution in [0.5, 0.6) is 0 Å². The van der Waals surface area contributed by atoms with Crippen molar-refractivity contribution < 1.29 is 9.59 Å². The molecular weight excluding hydrogens is 404 g/mol. The first-order valence-electron chi connectivity index (χ1n) is 10.8. The molecule has 0 aliphatic carbocycles. The average molecular weight is 433 g/mol. The van der Waals surface area contributed by atoms with Crippen LogP contribution >= 0.6 is 0 Å². The van der Waals surface area contributed by atoms with Crippen LogP contribution in [0.3, 0.4) is 0 Å². The highest BCUT2D eigenvalue weighted by Crippen LogP contribution is 2.30. The number of hydrogen-bond acceptors (Lipinski definition) is 5. The zero-order valence-corrected chi connectivity index (χ0v) is 18.9. The van der Waals surface area contributed by atoms with E-state index >= 15 is 0 Å². The van der Waals surface area contributed by atoms with Crippen LogP contribution < -0.4 is 5.32 Å². The first-order chi connectivity index (χ1) is 15.4. The molecule has 0 saturated carbocycles. The van der Waals surface area contributed by atoms with E-state index in [2.05, 4.69) is 21.5 Å². The summed E-state index contributed by atoms with van der Waals surface area (Å²) in [5.41, 5.74) is 5.63. The van der Waals surface area contributed by atoms with Crippen molar-refractivity contribution in [1.29, 1.82) is 0 Å². The molecule has 0 aromatic carbocycles. The van der Waals surface area contributed by atoms with Gasteiger partial charge in [-0.25, -0.2) is 0 Å². The molecule has 8 nitrogen and oxygen atoms in total. The van der Waals surface area contributed by atoms with Crippen molar-refractivity contribution in [3.05, 3.63) is 65.0 Å². The Bertz CT molecular complexity index is 1150. The minimum atomic E-state index is -0.209. The lowest BCUT2D eigenvalue weighted by Crippen LogP contribution is -2.39. The first-order valence-corrected chi connectivity index (χ1v) is 10.8. The number of aromatic nitrogens is 4. The molecule has 8 heteroatoms. The van der Waals surface area contributed by atoms with E-state index in [1.54, 1.807) is 30.2 Å². The van der Waals surface area contributed by atoms with Gasteiger partial charge < -0.3 is 10.2 Å². The molecule has 1 N–H and O–H groups in total. The lowest BCUT2D eigenvalue weighted by molar-refractivity contribution is 0.0705. The molecule has 1 saturated heterocycles. The lowest BCUT2D eigenvalue weighted by atomic mass is 9.92. The van der Waals surface area contributed by atoms with E-state index in [0.717, 1.165) is 47.6 Å². The van der Waals surface area contributed by atoms with Crippen LogP contribution in [0.1, 0.15) is 56.7 Å². The lowest BCUT2D eigenvalue weighted by Gasteiger charge is -2.32. The van der Waals surface area contributed by atoms with Gasteiger partial charge in [-0.3, -0.25) is 24.2 Å². The fourth-order valence-electron chi connectivity index (χ4n) is 4.28. The maximum absolute atomic E-state index is 13.1. The van der Waals surface area contributed by atoms with E-state index in [4.69, 9.17) is 4.98 Å². The SMILES string of the molecule is CNC(=O)c1ccc(-c2cc(C)nc(C3CCCN(C(=O)c4cn(C)nc4C)C3)c2)cn1. The minimum Gasteiger partial charge on any atom is -0.354 e. The molecule has 3 aromatic rings. The maximum Gasteiger partial charge on any atom is 0.269 e. The Balaban J connectivity index is 1.57. The highest BCUT2D eigenvalue weighted by molar-refractivity contribution is 5.95. The number of amides is 2. The number of likely N-dealkylation sites (tertiary alicyclic amines) is 1. The summed E-state index contributed by atoms with van der Waals surface area (Å²) >= 11 is 0. The summed E-state index contributed by atoms with van der Waals surface area (Å²) in [4.78, 5) is 35.8. The van der Waals surface area contributed by atoms with Gasteiger partial charge in [0.05, 0.1) is 11.3 Å². The van der Waals surface area contributed by atoms with Crippen molar-refractivity contribution in [1.82, 2.24) is 30.0 Å². The number of carbonyl (C=O) groups is 2. The number of aryl methyl sites for hydroxylation is 3. The zero-order chi connectivity index (χ0) is 22.8. The van der Waals surface area contributed by atoms with Gasteiger partial charge in [-0.2, -0.15) is 5.10 Å². The van der Waals surface area contributed by atoms with Crippen LogP contribution in [-0.4, -0.2) is 56.6 Å². The summed E-state index contributed by atoms with van der Waals surface area (Å²) in [5, 5.41) is 6.89. The summed E-state index contributed by atoms with van der Waals surface area (Å²) < 4.78 is 1.68. The Morgan fingerprint density at radius 1 is 1.16 bits per heavy atom. The standard InChI is InChI=1S/C24H28N6O2/c1-15-10-19(17-7-8-21(26-12-17)23(31)25-3)11-22(27-15)18-6-5-9-30(13-18)24(32)20-14-29(4)28-16(20)2/h7-8,10-12,14,18H,5-6,9,13H2,1-4H3,(H,25,31). The predicted molar refractivity (Wildman–Crippen MR) is 121 cm³/mol. The van der Waals surface area contributed by atoms with Crippen LogP contribution in [0, 0.1) is 13.8 Å². The van der Waals surface area contributed by atoms with Crippen LogP contribution in [-0.2, 0) is 7.05 Å². The Morgan fingerprint density at radius 2 is 1.97 bits per heavy atom. The summed E-state index contributed by atoms with van der Waals surface area (Å²) in [6.07, 6.45) is 5.42. The van der Waals surface area contributed by atoms with Crippen LogP contribution in [0.4, 0.5) is 0 Å². The monoisotopic (exact) mass is 432 g/mol. The average Bonchev–Trinajstić information content (AvgIpc) is 3.15. The highest BCUT2D eigenvalue weighted by Gasteiger charge is 2.28. The van der Waals surface area contributed by atoms with Gasteiger partial charge in [-0.1, -0.05) is 6.07 Å². The number of nitrogens with zero attached hydrogens (tertiary/aromatic N) is 5. The third-order valence-corrected chi connectivity index (χ3v) is 5.90. The van der Waals surface area contributed by atoms with Crippen LogP contribution in [0.2, 0.25) is 0 Å². The van der Waals surface area contributed by atoms with E-state index in [-0.39, 0.29) is 17.7 Å². The summed E-state index contributed by atoms with van der Waals surface area (Å²) in [6, 6.07) is 7.72. The molecule has 1 unspecified atom stereocenters. The second-order valence-corrected chi connectivity index (χ2v) is 8.33. The van der Waals surface area contributed by atoms with Gasteiger partial charge in [0.15, 0.2) is 0 Å². The third kappa shape index (κ3) is 4.39. The minimum absolute atomic E-state index is 0.0298. The van der Waals surface area contributed by atoms with Gasteiger partial charge in [0.25, 0.3) is 11.8 Å². The molecule has 166 valence electrons. The Labute approximate surface area is 187 Å². The summed E-state index contributed by atoms with van der Waals surface area (Å²) in [7, 11) is 3.42. The topological polar surface area (TPSA) is 93.0 Å². The molecule has 2 amide bonds. The van der Waals surface area contributed by atoms with Crippen LogP contribution in [0.25, 0.3) is 11.1 Å². The van der Waals surface area contributed by atoms with Crippen molar-refractivity contribution >= 4 is 11.8 Å². The fraction of sp³-hybridized carbons (Fsp3) is 0.375. The van der Waals surface area contributed by atoms with Crippen molar-refractivity contribution in [2.75, 3.05) is 20.1 Å². The number of nitrogens with one attached hydrogen (secondary N) is 1. The molecular formula is C24H28N6O2. The molecule has 1 aliphatic heterocycles. The van der Waals surface area contributed by atoms with E-state index in [9.17, 15) is 9.59 Å². The number of pyridine rings is 2. The molecule has 4 heterocycles. The number of piperidine rings is 1. The van der Waals surface area contributed by atoms with Crippen LogP contribution in [0.15, 0.2) is 36.7 Å². The molecule has 0 bridgehead atoms. The van der Waals surface area contributed by atoms with E-state index in [0.29, 0.717) is 17.8 Å². The molecule has 1 fully saturated rings. The van der Waals surface area contributed by atoms with Crippen molar-refractivity contribution in [3.63, 3.8) is 0 Å². The Hall–Kier alpha value is -3.55. The first kappa shape index (κ1) is 21.7. The fourth-order valence-corrected chi connectivity index (χ4v) is 4.28. The zero-order valence-electron chi connectivity index (χ0n) is 18.9. The molecule has 0 radical (unpaired) electrons. The second kappa shape index (κ2) is 8.90. The molecule has 3 aromatic heterocycles. The van der Waals surface area contributed by atoms with E-state index < -0.39 is 0 Å². The largest absolute Gasteiger partial charge is 0.354 e. The van der Waals surface area contributed by atoms with Crippen molar-refractivity contribution in [2.24, 2.45) is 7.05 Å². The Morgan fingerprint density at radius 3 is 2.62 bits per heavy atom. The summed E-state index contributed by atoms with van der Waals surface area (Å²) in [5.74, 6) is -0.0115. The van der Waals surface area contributed by atoms with E-state index in [1.165, 1.54) is 0 Å². The quantitative estimate of drug-likeness (QED) is 0.684. The Kier molecular flexibility index (Phi) is 6.03. The third-order valence-electron chi connectivity index (χ3n) is 5.90. The number of rotatable bonds is 4. The smallest absolute Gasteiger partial charge is 0.269 e.